The van der Waals surface area contributed by atoms with Crippen molar-refractivity contribution in [2.45, 2.75) is 71.2 Å². The highest BCUT2D eigenvalue weighted by molar-refractivity contribution is 5.73. The Balaban J connectivity index is 3.22. The Kier molecular flexibility index (Phi) is 16.4. The summed E-state index contributed by atoms with van der Waals surface area (Å²) < 4.78 is 39.4. The first kappa shape index (κ1) is 33.4. The van der Waals surface area contributed by atoms with Gasteiger partial charge in [0.1, 0.15) is 25.4 Å². The standard InChI is InChI=1S/C25H42N2O11/c1-6-7-20(13-33-11-10-32-9-8-26)37-25-22(27-16(2)28)12-23(36-19(5)31)21(14-34-17(3)29)24(38-25)15-35-18(4)30/h6,20-25H,1,7-15,26H2,2-5H3,(H,27,28)/t20?,21-,22?,23?,24?,25-/m1/s1. The molecule has 1 heterocycles. The van der Waals surface area contributed by atoms with Crippen molar-refractivity contribution in [2.24, 2.45) is 11.7 Å². The molecule has 218 valence electrons. The molecule has 0 aromatic rings. The van der Waals surface area contributed by atoms with Crippen LogP contribution in [0.5, 0.6) is 0 Å². The van der Waals surface area contributed by atoms with Crippen LogP contribution < -0.4 is 11.1 Å². The lowest BCUT2D eigenvalue weighted by Gasteiger charge is -2.32. The van der Waals surface area contributed by atoms with Gasteiger partial charge in [-0.05, 0) is 6.42 Å². The molecule has 13 heteroatoms. The quantitative estimate of drug-likeness (QED) is 0.110. The second-order valence-electron chi connectivity index (χ2n) is 8.76. The molecule has 0 bridgehead atoms. The number of nitrogens with two attached hydrogens (primary N) is 1. The Hall–Kier alpha value is -2.58. The molecule has 0 radical (unpaired) electrons. The van der Waals surface area contributed by atoms with Crippen molar-refractivity contribution in [1.82, 2.24) is 5.32 Å². The average Bonchev–Trinajstić information content (AvgIpc) is 2.94. The molecule has 1 aliphatic rings. The van der Waals surface area contributed by atoms with Gasteiger partial charge in [-0.25, -0.2) is 0 Å². The smallest absolute Gasteiger partial charge is 0.302 e. The minimum atomic E-state index is -1.05. The second kappa shape index (κ2) is 18.6. The molecule has 4 unspecified atom stereocenters. The lowest BCUT2D eigenvalue weighted by atomic mass is 9.93. The highest BCUT2D eigenvalue weighted by Gasteiger charge is 2.44. The molecular formula is C25H42N2O11. The van der Waals surface area contributed by atoms with Crippen molar-refractivity contribution < 1.29 is 52.3 Å². The van der Waals surface area contributed by atoms with E-state index in [-0.39, 0.29) is 32.1 Å². The maximum absolute atomic E-state index is 12.1. The fourth-order valence-electron chi connectivity index (χ4n) is 3.85. The number of amides is 1. The fraction of sp³-hybridized carbons (Fsp3) is 0.760. The Bertz CT molecular complexity index is 764. The zero-order valence-corrected chi connectivity index (χ0v) is 22.7. The van der Waals surface area contributed by atoms with Crippen molar-refractivity contribution in [3.05, 3.63) is 12.7 Å². The molecular weight excluding hydrogens is 504 g/mol. The number of hydrogen-bond donors (Lipinski definition) is 2. The van der Waals surface area contributed by atoms with E-state index < -0.39 is 54.5 Å². The van der Waals surface area contributed by atoms with Gasteiger partial charge in [-0.15, -0.1) is 6.58 Å². The van der Waals surface area contributed by atoms with Crippen molar-refractivity contribution >= 4 is 23.8 Å². The summed E-state index contributed by atoms with van der Waals surface area (Å²) in [6, 6.07) is -0.765. The van der Waals surface area contributed by atoms with Gasteiger partial charge in [-0.1, -0.05) is 6.08 Å². The van der Waals surface area contributed by atoms with Crippen LogP contribution >= 0.6 is 0 Å². The number of hydrogen-bond acceptors (Lipinski definition) is 12. The van der Waals surface area contributed by atoms with E-state index in [1.807, 2.05) is 0 Å². The van der Waals surface area contributed by atoms with Crippen LogP contribution in [0.15, 0.2) is 12.7 Å². The summed E-state index contributed by atoms with van der Waals surface area (Å²) in [4.78, 5) is 47.2. The minimum Gasteiger partial charge on any atom is -0.465 e. The monoisotopic (exact) mass is 546 g/mol. The van der Waals surface area contributed by atoms with Gasteiger partial charge in [0.05, 0.1) is 44.5 Å². The predicted octanol–water partition coefficient (Wildman–Crippen LogP) is 0.233. The molecule has 13 nitrogen and oxygen atoms in total. The summed E-state index contributed by atoms with van der Waals surface area (Å²) >= 11 is 0. The number of carbonyl (C=O) groups excluding carboxylic acids is 4. The summed E-state index contributed by atoms with van der Waals surface area (Å²) in [5.74, 6) is -2.77. The third-order valence-corrected chi connectivity index (χ3v) is 5.41. The van der Waals surface area contributed by atoms with Gasteiger partial charge in [0, 0.05) is 40.7 Å². The van der Waals surface area contributed by atoms with Gasteiger partial charge >= 0.3 is 17.9 Å². The highest BCUT2D eigenvalue weighted by Crippen LogP contribution is 2.30. The Morgan fingerprint density at radius 2 is 1.66 bits per heavy atom. The summed E-state index contributed by atoms with van der Waals surface area (Å²) in [6.07, 6.45) is -1.19. The van der Waals surface area contributed by atoms with Gasteiger partial charge in [-0.3, -0.25) is 19.2 Å². The van der Waals surface area contributed by atoms with Gasteiger partial charge in [0.25, 0.3) is 0 Å². The van der Waals surface area contributed by atoms with Crippen LogP contribution in [0.4, 0.5) is 0 Å². The van der Waals surface area contributed by atoms with Crippen LogP contribution in [0.3, 0.4) is 0 Å². The largest absolute Gasteiger partial charge is 0.465 e. The lowest BCUT2D eigenvalue weighted by Crippen LogP contribution is -2.48. The molecule has 38 heavy (non-hydrogen) atoms. The first-order chi connectivity index (χ1) is 18.1. The van der Waals surface area contributed by atoms with Crippen LogP contribution in [0.1, 0.15) is 40.5 Å². The van der Waals surface area contributed by atoms with Crippen LogP contribution in [0.2, 0.25) is 0 Å². The zero-order valence-electron chi connectivity index (χ0n) is 22.7. The third kappa shape index (κ3) is 13.8. The Morgan fingerprint density at radius 3 is 2.24 bits per heavy atom. The first-order valence-corrected chi connectivity index (χ1v) is 12.6. The zero-order chi connectivity index (χ0) is 28.5. The van der Waals surface area contributed by atoms with Gasteiger partial charge in [0.2, 0.25) is 5.91 Å². The van der Waals surface area contributed by atoms with E-state index in [0.717, 1.165) is 0 Å². The minimum absolute atomic E-state index is 0.0843. The molecule has 6 atom stereocenters. The topological polar surface area (TPSA) is 171 Å². The van der Waals surface area contributed by atoms with E-state index in [4.69, 9.17) is 38.9 Å². The molecule has 0 aromatic heterocycles. The van der Waals surface area contributed by atoms with Crippen molar-refractivity contribution in [2.75, 3.05) is 46.2 Å². The molecule has 1 amide bonds. The van der Waals surface area contributed by atoms with E-state index >= 15 is 0 Å². The molecule has 1 aliphatic heterocycles. The molecule has 3 N–H and O–H groups in total. The molecule has 0 spiro atoms. The van der Waals surface area contributed by atoms with E-state index in [0.29, 0.717) is 32.8 Å². The molecule has 0 aliphatic carbocycles. The van der Waals surface area contributed by atoms with Crippen LogP contribution in [0.25, 0.3) is 0 Å². The highest BCUT2D eigenvalue weighted by atomic mass is 16.7. The van der Waals surface area contributed by atoms with Crippen molar-refractivity contribution in [1.29, 1.82) is 0 Å². The summed E-state index contributed by atoms with van der Waals surface area (Å²) in [5, 5.41) is 2.79. The lowest BCUT2D eigenvalue weighted by molar-refractivity contribution is -0.227. The average molecular weight is 547 g/mol. The number of nitrogens with one attached hydrogen (secondary N) is 1. The van der Waals surface area contributed by atoms with E-state index in [1.165, 1.54) is 27.7 Å². The first-order valence-electron chi connectivity index (χ1n) is 12.6. The Morgan fingerprint density at radius 1 is 1.00 bits per heavy atom. The third-order valence-electron chi connectivity index (χ3n) is 5.41. The van der Waals surface area contributed by atoms with Gasteiger partial charge in [0.15, 0.2) is 6.29 Å². The number of rotatable bonds is 17. The SMILES string of the molecule is C=CCC(COCCOCCN)O[C@@H]1OC(COC(C)=O)[C@H](COC(C)=O)C(OC(C)=O)CC1NC(C)=O. The van der Waals surface area contributed by atoms with E-state index in [2.05, 4.69) is 11.9 Å². The van der Waals surface area contributed by atoms with Crippen LogP contribution in [0, 0.1) is 5.92 Å². The van der Waals surface area contributed by atoms with E-state index in [1.54, 1.807) is 6.08 Å². The summed E-state index contributed by atoms with van der Waals surface area (Å²) in [7, 11) is 0. The maximum atomic E-state index is 12.1. The summed E-state index contributed by atoms with van der Waals surface area (Å²) in [6.45, 7) is 10.1. The second-order valence-corrected chi connectivity index (χ2v) is 8.76. The number of carbonyl (C=O) groups is 4. The van der Waals surface area contributed by atoms with E-state index in [9.17, 15) is 19.2 Å². The van der Waals surface area contributed by atoms with Gasteiger partial charge < -0.3 is 44.2 Å². The van der Waals surface area contributed by atoms with Crippen LogP contribution in [-0.4, -0.2) is 101 Å². The number of ether oxygens (including phenoxy) is 7. The molecule has 1 fully saturated rings. The predicted molar refractivity (Wildman–Crippen MR) is 134 cm³/mol. The number of esters is 3. The van der Waals surface area contributed by atoms with Gasteiger partial charge in [-0.2, -0.15) is 0 Å². The molecule has 0 aromatic carbocycles. The van der Waals surface area contributed by atoms with Crippen molar-refractivity contribution in [3.8, 4) is 0 Å². The summed E-state index contributed by atoms with van der Waals surface area (Å²) in [5.41, 5.74) is 5.40. The van der Waals surface area contributed by atoms with Crippen molar-refractivity contribution in [3.63, 3.8) is 0 Å². The normalized spacial score (nSPS) is 24.0. The molecule has 1 rings (SSSR count). The molecule has 0 saturated carbocycles. The Labute approximate surface area is 223 Å². The maximum Gasteiger partial charge on any atom is 0.302 e. The fourth-order valence-corrected chi connectivity index (χ4v) is 3.85. The van der Waals surface area contributed by atoms with Crippen LogP contribution in [-0.2, 0) is 52.3 Å². The molecule has 1 saturated heterocycles.